The highest BCUT2D eigenvalue weighted by atomic mass is 79.9. The van der Waals surface area contributed by atoms with Crippen molar-refractivity contribution in [3.05, 3.63) is 70.7 Å². The van der Waals surface area contributed by atoms with Crippen molar-refractivity contribution in [1.29, 1.82) is 0 Å². The molecule has 0 saturated carbocycles. The van der Waals surface area contributed by atoms with E-state index in [9.17, 15) is 9.59 Å². The lowest BCUT2D eigenvalue weighted by Crippen LogP contribution is -2.01. The van der Waals surface area contributed by atoms with Crippen LogP contribution in [0.1, 0.15) is 17.3 Å². The van der Waals surface area contributed by atoms with E-state index in [4.69, 9.17) is 4.74 Å². The number of rotatable bonds is 5. The Kier molecular flexibility index (Phi) is 5.67. The van der Waals surface area contributed by atoms with Gasteiger partial charge in [0.1, 0.15) is 0 Å². The molecule has 0 saturated heterocycles. The SMILES string of the molecule is CCOC(=O)C=CC(=O)c1ccc(-c2ccccc2)c(Br)c1. The molecule has 0 fully saturated rings. The summed E-state index contributed by atoms with van der Waals surface area (Å²) in [6.07, 6.45) is 2.37. The van der Waals surface area contributed by atoms with Gasteiger partial charge in [-0.1, -0.05) is 58.4 Å². The zero-order valence-corrected chi connectivity index (χ0v) is 13.7. The van der Waals surface area contributed by atoms with Crippen LogP contribution in [0.3, 0.4) is 0 Å². The number of benzene rings is 2. The van der Waals surface area contributed by atoms with E-state index in [2.05, 4.69) is 15.9 Å². The smallest absolute Gasteiger partial charge is 0.330 e. The number of ether oxygens (including phenoxy) is 1. The number of esters is 1. The van der Waals surface area contributed by atoms with Gasteiger partial charge in [-0.3, -0.25) is 4.79 Å². The molecule has 2 rings (SSSR count). The van der Waals surface area contributed by atoms with E-state index in [0.29, 0.717) is 5.56 Å². The van der Waals surface area contributed by atoms with Crippen molar-refractivity contribution in [2.45, 2.75) is 6.92 Å². The standard InChI is InChI=1S/C18H15BrO3/c1-2-22-18(21)11-10-17(20)14-8-9-15(16(19)12-14)13-6-4-3-5-7-13/h3-12H,2H2,1H3. The highest BCUT2D eigenvalue weighted by molar-refractivity contribution is 9.10. The van der Waals surface area contributed by atoms with Crippen LogP contribution in [0.15, 0.2) is 65.2 Å². The monoisotopic (exact) mass is 358 g/mol. The van der Waals surface area contributed by atoms with Gasteiger partial charge in [-0.25, -0.2) is 4.79 Å². The first-order valence-electron chi connectivity index (χ1n) is 6.86. The fraction of sp³-hybridized carbons (Fsp3) is 0.111. The van der Waals surface area contributed by atoms with E-state index in [1.807, 2.05) is 36.4 Å². The zero-order valence-electron chi connectivity index (χ0n) is 12.1. The molecule has 0 heterocycles. The van der Waals surface area contributed by atoms with Gasteiger partial charge < -0.3 is 4.74 Å². The lowest BCUT2D eigenvalue weighted by molar-refractivity contribution is -0.137. The van der Waals surface area contributed by atoms with Gasteiger partial charge in [0.05, 0.1) is 6.61 Å². The Labute approximate surface area is 137 Å². The van der Waals surface area contributed by atoms with Crippen LogP contribution >= 0.6 is 15.9 Å². The molecule has 0 aliphatic carbocycles. The first kappa shape index (κ1) is 16.2. The van der Waals surface area contributed by atoms with Crippen LogP contribution in [0.25, 0.3) is 11.1 Å². The van der Waals surface area contributed by atoms with Crippen molar-refractivity contribution in [2.24, 2.45) is 0 Å². The fourth-order valence-corrected chi connectivity index (χ4v) is 2.56. The maximum Gasteiger partial charge on any atom is 0.330 e. The lowest BCUT2D eigenvalue weighted by Gasteiger charge is -2.06. The highest BCUT2D eigenvalue weighted by Gasteiger charge is 2.08. The van der Waals surface area contributed by atoms with Crippen LogP contribution in [-0.2, 0) is 9.53 Å². The molecule has 3 nitrogen and oxygen atoms in total. The van der Waals surface area contributed by atoms with Gasteiger partial charge in [-0.2, -0.15) is 0 Å². The summed E-state index contributed by atoms with van der Waals surface area (Å²) in [6, 6.07) is 15.3. The number of carbonyl (C=O) groups is 2. The normalized spacial score (nSPS) is 10.6. The van der Waals surface area contributed by atoms with Crippen molar-refractivity contribution < 1.29 is 14.3 Å². The average molecular weight is 359 g/mol. The Morgan fingerprint density at radius 2 is 1.82 bits per heavy atom. The molecule has 0 aliphatic rings. The van der Waals surface area contributed by atoms with Gasteiger partial charge in [-0.15, -0.1) is 0 Å². The molecule has 0 N–H and O–H groups in total. The molecular formula is C18H15BrO3. The molecule has 4 heteroatoms. The number of hydrogen-bond acceptors (Lipinski definition) is 3. The van der Waals surface area contributed by atoms with Gasteiger partial charge in [0.15, 0.2) is 5.78 Å². The Balaban J connectivity index is 2.19. The molecule has 0 aromatic heterocycles. The summed E-state index contributed by atoms with van der Waals surface area (Å²) < 4.78 is 5.57. The molecule has 22 heavy (non-hydrogen) atoms. The van der Waals surface area contributed by atoms with Crippen LogP contribution in [0, 0.1) is 0 Å². The third-order valence-electron chi connectivity index (χ3n) is 3.00. The molecule has 0 spiro atoms. The molecule has 0 unspecified atom stereocenters. The van der Waals surface area contributed by atoms with E-state index in [-0.39, 0.29) is 12.4 Å². The van der Waals surface area contributed by atoms with Crippen LogP contribution in [0.2, 0.25) is 0 Å². The highest BCUT2D eigenvalue weighted by Crippen LogP contribution is 2.29. The molecule has 2 aromatic rings. The average Bonchev–Trinajstić information content (AvgIpc) is 2.53. The summed E-state index contributed by atoms with van der Waals surface area (Å²) in [4.78, 5) is 23.3. The van der Waals surface area contributed by atoms with Gasteiger partial charge in [0.25, 0.3) is 0 Å². The largest absolute Gasteiger partial charge is 0.463 e. The molecule has 0 radical (unpaired) electrons. The van der Waals surface area contributed by atoms with Crippen molar-refractivity contribution in [2.75, 3.05) is 6.61 Å². The fourth-order valence-electron chi connectivity index (χ4n) is 1.95. The molecular weight excluding hydrogens is 344 g/mol. The zero-order chi connectivity index (χ0) is 15.9. The van der Waals surface area contributed by atoms with Gasteiger partial charge in [0, 0.05) is 16.1 Å². The minimum absolute atomic E-state index is 0.242. The number of ketones is 1. The van der Waals surface area contributed by atoms with Gasteiger partial charge in [-0.05, 0) is 30.2 Å². The molecule has 0 aliphatic heterocycles. The van der Waals surface area contributed by atoms with Crippen molar-refractivity contribution in [3.8, 4) is 11.1 Å². The summed E-state index contributed by atoms with van der Waals surface area (Å²) in [5.41, 5.74) is 2.58. The second-order valence-corrected chi connectivity index (χ2v) is 5.36. The molecule has 0 atom stereocenters. The van der Waals surface area contributed by atoms with Gasteiger partial charge >= 0.3 is 5.97 Å². The number of carbonyl (C=O) groups excluding carboxylic acids is 2. The van der Waals surface area contributed by atoms with Crippen LogP contribution < -0.4 is 0 Å². The first-order chi connectivity index (χ1) is 10.6. The van der Waals surface area contributed by atoms with E-state index < -0.39 is 5.97 Å². The van der Waals surface area contributed by atoms with Crippen LogP contribution in [-0.4, -0.2) is 18.4 Å². The van der Waals surface area contributed by atoms with Crippen molar-refractivity contribution >= 4 is 27.7 Å². The molecule has 2 aromatic carbocycles. The van der Waals surface area contributed by atoms with Crippen LogP contribution in [0.4, 0.5) is 0 Å². The Bertz CT molecular complexity index is 706. The predicted octanol–water partition coefficient (Wildman–Crippen LogP) is 4.42. The van der Waals surface area contributed by atoms with Crippen LogP contribution in [0.5, 0.6) is 0 Å². The third kappa shape index (κ3) is 4.15. The van der Waals surface area contributed by atoms with Crippen molar-refractivity contribution in [1.82, 2.24) is 0 Å². The number of hydrogen-bond donors (Lipinski definition) is 0. The molecule has 0 amide bonds. The number of allylic oxidation sites excluding steroid dienone is 1. The second-order valence-electron chi connectivity index (χ2n) is 4.51. The third-order valence-corrected chi connectivity index (χ3v) is 3.65. The lowest BCUT2D eigenvalue weighted by atomic mass is 10.0. The summed E-state index contributed by atoms with van der Waals surface area (Å²) in [5.74, 6) is -0.760. The maximum atomic E-state index is 12.0. The molecule has 0 bridgehead atoms. The Morgan fingerprint density at radius 1 is 1.09 bits per heavy atom. The summed E-state index contributed by atoms with van der Waals surface area (Å²) >= 11 is 3.49. The summed E-state index contributed by atoms with van der Waals surface area (Å²) in [6.45, 7) is 2.00. The van der Waals surface area contributed by atoms with E-state index >= 15 is 0 Å². The van der Waals surface area contributed by atoms with E-state index in [0.717, 1.165) is 21.7 Å². The topological polar surface area (TPSA) is 43.4 Å². The Hall–Kier alpha value is -2.20. The van der Waals surface area contributed by atoms with E-state index in [1.165, 1.54) is 6.08 Å². The Morgan fingerprint density at radius 3 is 2.45 bits per heavy atom. The minimum Gasteiger partial charge on any atom is -0.463 e. The maximum absolute atomic E-state index is 12.0. The molecule has 112 valence electrons. The quantitative estimate of drug-likeness (QED) is 0.451. The van der Waals surface area contributed by atoms with Crippen molar-refractivity contribution in [3.63, 3.8) is 0 Å². The van der Waals surface area contributed by atoms with E-state index in [1.54, 1.807) is 19.1 Å². The second kappa shape index (κ2) is 7.71. The summed E-state index contributed by atoms with van der Waals surface area (Å²) in [7, 11) is 0. The predicted molar refractivity (Wildman–Crippen MR) is 89.7 cm³/mol. The first-order valence-corrected chi connectivity index (χ1v) is 7.65. The van der Waals surface area contributed by atoms with Gasteiger partial charge in [0.2, 0.25) is 0 Å². The number of halogens is 1. The minimum atomic E-state index is -0.518. The summed E-state index contributed by atoms with van der Waals surface area (Å²) in [5, 5.41) is 0.